The van der Waals surface area contributed by atoms with Gasteiger partial charge in [0.1, 0.15) is 11.6 Å². The third-order valence-corrected chi connectivity index (χ3v) is 7.18. The van der Waals surface area contributed by atoms with Crippen molar-refractivity contribution in [3.63, 3.8) is 0 Å². The Balaban J connectivity index is 1.63. The second kappa shape index (κ2) is 9.17. The smallest absolute Gasteiger partial charge is 0.183 e. The summed E-state index contributed by atoms with van der Waals surface area (Å²) in [5.74, 6) is 1.34. The first-order valence-corrected chi connectivity index (χ1v) is 12.0. The fourth-order valence-corrected chi connectivity index (χ4v) is 5.08. The summed E-state index contributed by atoms with van der Waals surface area (Å²) in [4.78, 5) is 5.96. The second-order valence-corrected chi connectivity index (χ2v) is 9.92. The van der Waals surface area contributed by atoms with Gasteiger partial charge in [-0.1, -0.05) is 43.5 Å². The number of hydrogen-bond acceptors (Lipinski definition) is 4. The maximum atomic E-state index is 14.5. The molecule has 3 nitrogen and oxygen atoms in total. The highest BCUT2D eigenvalue weighted by molar-refractivity contribution is 7.16. The molecule has 1 N–H and O–H groups in total. The number of hydrogen-bond donors (Lipinski definition) is 1. The summed E-state index contributed by atoms with van der Waals surface area (Å²) in [6.07, 6.45) is 4.18. The van der Waals surface area contributed by atoms with Crippen LogP contribution in [0.3, 0.4) is 0 Å². The summed E-state index contributed by atoms with van der Waals surface area (Å²) in [5, 5.41) is 5.05. The van der Waals surface area contributed by atoms with Crippen molar-refractivity contribution < 1.29 is 9.13 Å². The number of aryl methyl sites for hydroxylation is 3. The van der Waals surface area contributed by atoms with Gasteiger partial charge >= 0.3 is 0 Å². The van der Waals surface area contributed by atoms with Crippen LogP contribution in [0.15, 0.2) is 30.3 Å². The molecule has 2 aromatic carbocycles. The van der Waals surface area contributed by atoms with E-state index in [0.29, 0.717) is 17.4 Å². The fourth-order valence-electron chi connectivity index (χ4n) is 3.95. The maximum Gasteiger partial charge on any atom is 0.183 e. The predicted octanol–water partition coefficient (Wildman–Crippen LogP) is 7.74. The zero-order valence-corrected chi connectivity index (χ0v) is 20.0. The molecule has 0 spiro atoms. The molecule has 1 aliphatic rings. The van der Waals surface area contributed by atoms with Gasteiger partial charge in [-0.15, -0.1) is 11.3 Å². The summed E-state index contributed by atoms with van der Waals surface area (Å²) in [5.41, 5.74) is 4.53. The third kappa shape index (κ3) is 4.88. The number of anilines is 1. The fraction of sp³-hybridized carbons (Fsp3) is 0.400. The van der Waals surface area contributed by atoms with Gasteiger partial charge in [0.2, 0.25) is 0 Å². The lowest BCUT2D eigenvalue weighted by atomic mass is 9.99. The molecule has 0 radical (unpaired) electrons. The molecule has 164 valence electrons. The molecule has 1 heterocycles. The van der Waals surface area contributed by atoms with Crippen LogP contribution in [0.25, 0.3) is 11.3 Å². The Morgan fingerprint density at radius 1 is 1.26 bits per heavy atom. The SMILES string of the molecule is CCc1ccc([C@H](CC2CC2)Nc2nc(-c3cc(C)c(OC)cc3Cl)c(C)s2)cc1F. The zero-order valence-electron chi connectivity index (χ0n) is 18.4. The van der Waals surface area contributed by atoms with E-state index in [0.717, 1.165) is 50.1 Å². The Labute approximate surface area is 192 Å². The van der Waals surface area contributed by atoms with E-state index in [4.69, 9.17) is 21.3 Å². The number of nitrogens with one attached hydrogen (secondary N) is 1. The number of halogens is 2. The first-order chi connectivity index (χ1) is 14.9. The molecule has 1 aliphatic carbocycles. The standard InChI is InChI=1S/C25H28ClFN2OS/c1-5-17-8-9-18(12-21(17)27)22(11-16-6-7-16)28-25-29-24(15(3)31-25)19-10-14(2)23(30-4)13-20(19)26/h8-10,12-13,16,22H,5-7,11H2,1-4H3,(H,28,29)/t22-/m0/s1. The minimum absolute atomic E-state index is 0.0411. The summed E-state index contributed by atoms with van der Waals surface area (Å²) in [6.45, 7) is 6.03. The highest BCUT2D eigenvalue weighted by Crippen LogP contribution is 2.42. The second-order valence-electron chi connectivity index (χ2n) is 8.31. The van der Waals surface area contributed by atoms with Crippen molar-refractivity contribution in [2.75, 3.05) is 12.4 Å². The molecule has 0 amide bonds. The molecule has 1 atom stereocenters. The van der Waals surface area contributed by atoms with Gasteiger partial charge < -0.3 is 10.1 Å². The van der Waals surface area contributed by atoms with Gasteiger partial charge in [-0.2, -0.15) is 0 Å². The van der Waals surface area contributed by atoms with Gasteiger partial charge in [0.15, 0.2) is 5.13 Å². The highest BCUT2D eigenvalue weighted by Gasteiger charge is 2.27. The number of thiazole rings is 1. The van der Waals surface area contributed by atoms with Crippen molar-refractivity contribution in [3.05, 3.63) is 62.7 Å². The number of ether oxygens (including phenoxy) is 1. The van der Waals surface area contributed by atoms with Crippen molar-refractivity contribution in [3.8, 4) is 17.0 Å². The van der Waals surface area contributed by atoms with E-state index >= 15 is 0 Å². The number of nitrogens with zero attached hydrogens (tertiary/aromatic N) is 1. The molecule has 1 aromatic heterocycles. The van der Waals surface area contributed by atoms with Gasteiger partial charge in [0.25, 0.3) is 0 Å². The molecular formula is C25H28ClFN2OS. The minimum atomic E-state index is -0.126. The molecule has 4 rings (SSSR count). The molecule has 1 saturated carbocycles. The Hall–Kier alpha value is -2.11. The number of aromatic nitrogens is 1. The van der Waals surface area contributed by atoms with Crippen molar-refractivity contribution in [2.24, 2.45) is 5.92 Å². The molecule has 0 bridgehead atoms. The first-order valence-electron chi connectivity index (χ1n) is 10.8. The van der Waals surface area contributed by atoms with Crippen molar-refractivity contribution in [1.82, 2.24) is 4.98 Å². The summed E-state index contributed by atoms with van der Waals surface area (Å²) in [6, 6.07) is 9.54. The van der Waals surface area contributed by atoms with Crippen LogP contribution in [0.2, 0.25) is 5.02 Å². The maximum absolute atomic E-state index is 14.5. The molecule has 1 fully saturated rings. The molecule has 6 heteroatoms. The largest absolute Gasteiger partial charge is 0.496 e. The Morgan fingerprint density at radius 3 is 2.68 bits per heavy atom. The van der Waals surface area contributed by atoms with Gasteiger partial charge in [-0.05, 0) is 67.5 Å². The van der Waals surface area contributed by atoms with E-state index in [1.807, 2.05) is 38.1 Å². The van der Waals surface area contributed by atoms with Crippen LogP contribution in [0.4, 0.5) is 9.52 Å². The van der Waals surface area contributed by atoms with E-state index in [2.05, 4.69) is 12.2 Å². The topological polar surface area (TPSA) is 34.2 Å². The third-order valence-electron chi connectivity index (χ3n) is 5.96. The minimum Gasteiger partial charge on any atom is -0.496 e. The van der Waals surface area contributed by atoms with Crippen LogP contribution in [0.5, 0.6) is 5.75 Å². The molecule has 3 aromatic rings. The van der Waals surface area contributed by atoms with Crippen molar-refractivity contribution in [2.45, 2.75) is 52.5 Å². The Bertz CT molecular complexity index is 1090. The quantitative estimate of drug-likeness (QED) is 0.374. The van der Waals surface area contributed by atoms with E-state index in [1.165, 1.54) is 12.8 Å². The van der Waals surface area contributed by atoms with E-state index in [1.54, 1.807) is 24.5 Å². The average Bonchev–Trinajstić information content (AvgIpc) is 3.49. The molecule has 31 heavy (non-hydrogen) atoms. The monoisotopic (exact) mass is 458 g/mol. The lowest BCUT2D eigenvalue weighted by Crippen LogP contribution is -2.12. The summed E-state index contributed by atoms with van der Waals surface area (Å²) >= 11 is 8.15. The molecule has 0 saturated heterocycles. The van der Waals surface area contributed by atoms with Gasteiger partial charge in [0.05, 0.1) is 23.9 Å². The van der Waals surface area contributed by atoms with E-state index < -0.39 is 0 Å². The van der Waals surface area contributed by atoms with Gasteiger partial charge in [-0.3, -0.25) is 0 Å². The lowest BCUT2D eigenvalue weighted by molar-refractivity contribution is 0.412. The van der Waals surface area contributed by atoms with Crippen LogP contribution in [-0.2, 0) is 6.42 Å². The first kappa shape index (κ1) is 22.1. The summed E-state index contributed by atoms with van der Waals surface area (Å²) in [7, 11) is 1.64. The normalized spacial score (nSPS) is 14.5. The Morgan fingerprint density at radius 2 is 2.03 bits per heavy atom. The van der Waals surface area contributed by atoms with Gasteiger partial charge in [-0.25, -0.2) is 9.37 Å². The van der Waals surface area contributed by atoms with E-state index in [-0.39, 0.29) is 11.9 Å². The van der Waals surface area contributed by atoms with Crippen LogP contribution in [-0.4, -0.2) is 12.1 Å². The van der Waals surface area contributed by atoms with E-state index in [9.17, 15) is 4.39 Å². The van der Waals surface area contributed by atoms with Crippen molar-refractivity contribution in [1.29, 1.82) is 0 Å². The summed E-state index contributed by atoms with van der Waals surface area (Å²) < 4.78 is 19.8. The van der Waals surface area contributed by atoms with Crippen LogP contribution >= 0.6 is 22.9 Å². The average molecular weight is 459 g/mol. The Kier molecular flexibility index (Phi) is 6.54. The highest BCUT2D eigenvalue weighted by atomic mass is 35.5. The predicted molar refractivity (Wildman–Crippen MR) is 128 cm³/mol. The van der Waals surface area contributed by atoms with Crippen LogP contribution in [0, 0.1) is 25.6 Å². The lowest BCUT2D eigenvalue weighted by Gasteiger charge is -2.19. The molecule has 0 unspecified atom stereocenters. The number of rotatable bonds is 8. The van der Waals surface area contributed by atoms with Crippen LogP contribution in [0.1, 0.15) is 53.8 Å². The van der Waals surface area contributed by atoms with Crippen LogP contribution < -0.4 is 10.1 Å². The zero-order chi connectivity index (χ0) is 22.1. The number of benzene rings is 2. The van der Waals surface area contributed by atoms with Crippen molar-refractivity contribution >= 4 is 28.1 Å². The molecular weight excluding hydrogens is 431 g/mol. The van der Waals surface area contributed by atoms with Gasteiger partial charge in [0, 0.05) is 10.4 Å². The molecule has 0 aliphatic heterocycles. The number of methoxy groups -OCH3 is 1.